The molecular formula is C20H16ClN3O3S2. The number of rotatable bonds is 7. The Kier molecular flexibility index (Phi) is 6.03. The SMILES string of the molecule is O=C(CSc1nc2ccsc2c(=O)n1Cc1ccco1)NCc1ccccc1Cl. The smallest absolute Gasteiger partial charge is 0.272 e. The van der Waals surface area contributed by atoms with Crippen LogP contribution in [0.15, 0.2) is 68.5 Å². The number of thiophene rings is 1. The summed E-state index contributed by atoms with van der Waals surface area (Å²) >= 11 is 8.69. The maximum Gasteiger partial charge on any atom is 0.272 e. The minimum atomic E-state index is -0.167. The molecule has 1 amide bonds. The Bertz CT molecular complexity index is 1200. The predicted octanol–water partition coefficient (Wildman–Crippen LogP) is 4.16. The summed E-state index contributed by atoms with van der Waals surface area (Å²) in [6.45, 7) is 0.603. The van der Waals surface area contributed by atoms with Crippen molar-refractivity contribution in [3.63, 3.8) is 0 Å². The number of amides is 1. The number of carbonyl (C=O) groups is 1. The molecular weight excluding hydrogens is 430 g/mol. The molecule has 6 nitrogen and oxygen atoms in total. The number of carbonyl (C=O) groups excluding carboxylic acids is 1. The van der Waals surface area contributed by atoms with Crippen molar-refractivity contribution in [3.05, 3.63) is 80.8 Å². The van der Waals surface area contributed by atoms with Crippen LogP contribution in [0.4, 0.5) is 0 Å². The van der Waals surface area contributed by atoms with Crippen molar-refractivity contribution in [2.24, 2.45) is 0 Å². The van der Waals surface area contributed by atoms with Crippen molar-refractivity contribution in [2.45, 2.75) is 18.2 Å². The van der Waals surface area contributed by atoms with E-state index in [9.17, 15) is 9.59 Å². The summed E-state index contributed by atoms with van der Waals surface area (Å²) in [7, 11) is 0. The van der Waals surface area contributed by atoms with E-state index >= 15 is 0 Å². The molecule has 0 saturated heterocycles. The Labute approximate surface area is 179 Å². The molecule has 0 spiro atoms. The number of nitrogens with one attached hydrogen (secondary N) is 1. The Morgan fingerprint density at radius 3 is 2.90 bits per heavy atom. The molecule has 3 heterocycles. The van der Waals surface area contributed by atoms with Gasteiger partial charge < -0.3 is 9.73 Å². The topological polar surface area (TPSA) is 77.1 Å². The molecule has 0 saturated carbocycles. The number of nitrogens with zero attached hydrogens (tertiary/aromatic N) is 2. The van der Waals surface area contributed by atoms with Crippen LogP contribution in [-0.4, -0.2) is 21.2 Å². The molecule has 0 fully saturated rings. The predicted molar refractivity (Wildman–Crippen MR) is 116 cm³/mol. The van der Waals surface area contributed by atoms with Crippen LogP contribution in [0.3, 0.4) is 0 Å². The average molecular weight is 446 g/mol. The molecule has 0 bridgehead atoms. The molecule has 148 valence electrons. The summed E-state index contributed by atoms with van der Waals surface area (Å²) in [5.74, 6) is 0.610. The van der Waals surface area contributed by atoms with Gasteiger partial charge in [-0.15, -0.1) is 11.3 Å². The van der Waals surface area contributed by atoms with Crippen molar-refractivity contribution in [1.82, 2.24) is 14.9 Å². The molecule has 29 heavy (non-hydrogen) atoms. The van der Waals surface area contributed by atoms with E-state index in [2.05, 4.69) is 10.3 Å². The monoisotopic (exact) mass is 445 g/mol. The molecule has 1 aromatic carbocycles. The van der Waals surface area contributed by atoms with Crippen LogP contribution in [0.2, 0.25) is 5.02 Å². The van der Waals surface area contributed by atoms with Crippen LogP contribution >= 0.6 is 34.7 Å². The first kappa shape index (κ1) is 19.8. The number of thioether (sulfide) groups is 1. The number of hydrogen-bond acceptors (Lipinski definition) is 6. The molecule has 4 rings (SSSR count). The van der Waals surface area contributed by atoms with Crippen molar-refractivity contribution in [3.8, 4) is 0 Å². The fourth-order valence-electron chi connectivity index (χ4n) is 2.75. The Morgan fingerprint density at radius 2 is 2.10 bits per heavy atom. The van der Waals surface area contributed by atoms with Crippen molar-refractivity contribution < 1.29 is 9.21 Å². The third-order valence-corrected chi connectivity index (χ3v) is 6.43. The van der Waals surface area contributed by atoms with E-state index in [1.807, 2.05) is 23.6 Å². The van der Waals surface area contributed by atoms with Gasteiger partial charge in [0.1, 0.15) is 10.5 Å². The normalized spacial score (nSPS) is 11.1. The molecule has 3 aromatic heterocycles. The second-order valence-electron chi connectivity index (χ2n) is 6.16. The number of aromatic nitrogens is 2. The highest BCUT2D eigenvalue weighted by Crippen LogP contribution is 2.22. The van der Waals surface area contributed by atoms with Crippen LogP contribution in [0.1, 0.15) is 11.3 Å². The average Bonchev–Trinajstić information content (AvgIpc) is 3.40. The number of fused-ring (bicyclic) bond motifs is 1. The molecule has 0 aliphatic rings. The summed E-state index contributed by atoms with van der Waals surface area (Å²) < 4.78 is 7.51. The lowest BCUT2D eigenvalue weighted by molar-refractivity contribution is -0.118. The summed E-state index contributed by atoms with van der Waals surface area (Å²) in [5.41, 5.74) is 1.34. The van der Waals surface area contributed by atoms with E-state index in [0.717, 1.165) is 5.56 Å². The van der Waals surface area contributed by atoms with Crippen LogP contribution < -0.4 is 10.9 Å². The van der Waals surface area contributed by atoms with E-state index in [1.54, 1.807) is 35.1 Å². The fraction of sp³-hybridized carbons (Fsp3) is 0.150. The van der Waals surface area contributed by atoms with Gasteiger partial charge >= 0.3 is 0 Å². The van der Waals surface area contributed by atoms with Crippen molar-refractivity contribution in [1.29, 1.82) is 0 Å². The van der Waals surface area contributed by atoms with Crippen molar-refractivity contribution >= 4 is 50.8 Å². The van der Waals surface area contributed by atoms with Crippen LogP contribution in [-0.2, 0) is 17.9 Å². The lowest BCUT2D eigenvalue weighted by Crippen LogP contribution is -2.26. The molecule has 0 atom stereocenters. The Hall–Kier alpha value is -2.55. The van der Waals surface area contributed by atoms with Crippen LogP contribution in [0.5, 0.6) is 0 Å². The third-order valence-electron chi connectivity index (χ3n) is 4.19. The zero-order valence-electron chi connectivity index (χ0n) is 15.1. The number of halogens is 1. The zero-order chi connectivity index (χ0) is 20.2. The van der Waals surface area contributed by atoms with Gasteiger partial charge in [-0.2, -0.15) is 0 Å². The first-order valence-corrected chi connectivity index (χ1v) is 11.0. The van der Waals surface area contributed by atoms with E-state index in [-0.39, 0.29) is 23.8 Å². The zero-order valence-corrected chi connectivity index (χ0v) is 17.5. The quantitative estimate of drug-likeness (QED) is 0.341. The standard InChI is InChI=1S/C20H16ClN3O3S2/c21-15-6-2-1-4-13(15)10-22-17(25)12-29-20-23-16-7-9-28-18(16)19(26)24(20)11-14-5-3-8-27-14/h1-9H,10-12H2,(H,22,25). The minimum Gasteiger partial charge on any atom is -0.467 e. The molecule has 0 unspecified atom stereocenters. The van der Waals surface area contributed by atoms with Gasteiger partial charge in [0.05, 0.1) is 24.1 Å². The lowest BCUT2D eigenvalue weighted by Gasteiger charge is -2.11. The fourth-order valence-corrected chi connectivity index (χ4v) is 4.56. The number of furan rings is 1. The van der Waals surface area contributed by atoms with Crippen LogP contribution in [0, 0.1) is 0 Å². The first-order valence-electron chi connectivity index (χ1n) is 8.75. The number of hydrogen-bond donors (Lipinski definition) is 1. The second-order valence-corrected chi connectivity index (χ2v) is 8.42. The maximum atomic E-state index is 12.9. The van der Waals surface area contributed by atoms with E-state index < -0.39 is 0 Å². The maximum absolute atomic E-state index is 12.9. The van der Waals surface area contributed by atoms with Gasteiger partial charge in [-0.1, -0.05) is 41.6 Å². The van der Waals surface area contributed by atoms with Gasteiger partial charge in [0.2, 0.25) is 5.91 Å². The van der Waals surface area contributed by atoms with E-state index in [1.165, 1.54) is 23.1 Å². The highest BCUT2D eigenvalue weighted by Gasteiger charge is 2.15. The summed E-state index contributed by atoms with van der Waals surface area (Å²) in [6.07, 6.45) is 1.56. The lowest BCUT2D eigenvalue weighted by atomic mass is 10.2. The van der Waals surface area contributed by atoms with Gasteiger partial charge in [0.25, 0.3) is 5.56 Å². The Balaban J connectivity index is 1.50. The summed E-state index contributed by atoms with van der Waals surface area (Å²) in [6, 6.07) is 12.7. The largest absolute Gasteiger partial charge is 0.467 e. The third kappa shape index (κ3) is 4.55. The van der Waals surface area contributed by atoms with Gasteiger partial charge in [0.15, 0.2) is 5.16 Å². The van der Waals surface area contributed by atoms with Gasteiger partial charge in [-0.05, 0) is 35.2 Å². The molecule has 0 aliphatic heterocycles. The summed E-state index contributed by atoms with van der Waals surface area (Å²) in [4.78, 5) is 29.8. The van der Waals surface area contributed by atoms with E-state index in [4.69, 9.17) is 16.0 Å². The highest BCUT2D eigenvalue weighted by atomic mass is 35.5. The van der Waals surface area contributed by atoms with Gasteiger partial charge in [-0.3, -0.25) is 14.2 Å². The second kappa shape index (κ2) is 8.86. The minimum absolute atomic E-state index is 0.130. The Morgan fingerprint density at radius 1 is 1.24 bits per heavy atom. The molecule has 1 N–H and O–H groups in total. The molecule has 9 heteroatoms. The van der Waals surface area contributed by atoms with Crippen LogP contribution in [0.25, 0.3) is 10.2 Å². The van der Waals surface area contributed by atoms with Gasteiger partial charge in [-0.25, -0.2) is 4.98 Å². The number of benzene rings is 1. The first-order chi connectivity index (χ1) is 14.1. The molecule has 0 aliphatic carbocycles. The summed E-state index contributed by atoms with van der Waals surface area (Å²) in [5, 5.41) is 5.77. The van der Waals surface area contributed by atoms with Gasteiger partial charge in [0, 0.05) is 11.6 Å². The molecule has 4 aromatic rings. The van der Waals surface area contributed by atoms with E-state index in [0.29, 0.717) is 32.7 Å². The molecule has 0 radical (unpaired) electrons. The highest BCUT2D eigenvalue weighted by molar-refractivity contribution is 7.99. The van der Waals surface area contributed by atoms with Crippen molar-refractivity contribution in [2.75, 3.05) is 5.75 Å².